The number of rotatable bonds is 1. The summed E-state index contributed by atoms with van der Waals surface area (Å²) in [5.41, 5.74) is 8.70. The first-order valence-corrected chi connectivity index (χ1v) is 4.17. The number of benzene rings is 1. The fourth-order valence-corrected chi connectivity index (χ4v) is 1.16. The fourth-order valence-electron chi connectivity index (χ4n) is 0.982. The van der Waals surface area contributed by atoms with Crippen molar-refractivity contribution in [1.82, 2.24) is 0 Å². The van der Waals surface area contributed by atoms with E-state index < -0.39 is 0 Å². The summed E-state index contributed by atoms with van der Waals surface area (Å²) in [5, 5.41) is 0.719. The molecule has 0 aliphatic heterocycles. The third kappa shape index (κ3) is 2.28. The van der Waals surface area contributed by atoms with E-state index in [1.54, 1.807) is 6.07 Å². The number of hydrogen-bond acceptors (Lipinski definition) is 1. The van der Waals surface area contributed by atoms with Crippen LogP contribution in [0, 0.1) is 0 Å². The maximum absolute atomic E-state index is 5.82. The van der Waals surface area contributed by atoms with Gasteiger partial charge in [0.15, 0.2) is 0 Å². The van der Waals surface area contributed by atoms with Crippen LogP contribution in [0.5, 0.6) is 0 Å². The monoisotopic (exact) mass is 181 g/mol. The predicted octanol–water partition coefficient (Wildman–Crippen LogP) is 3.35. The van der Waals surface area contributed by atoms with Crippen LogP contribution < -0.4 is 5.73 Å². The van der Waals surface area contributed by atoms with Crippen LogP contribution in [-0.4, -0.2) is 0 Å². The highest BCUT2D eigenvalue weighted by molar-refractivity contribution is 6.30. The topological polar surface area (TPSA) is 26.0 Å². The lowest BCUT2D eigenvalue weighted by Crippen LogP contribution is -1.88. The highest BCUT2D eigenvalue weighted by atomic mass is 35.5. The molecule has 0 bridgehead atoms. The molecule has 12 heavy (non-hydrogen) atoms. The molecule has 0 unspecified atom stereocenters. The minimum absolute atomic E-state index is 0.719. The zero-order valence-corrected chi connectivity index (χ0v) is 8.02. The molecule has 1 nitrogen and oxygen atoms in total. The van der Waals surface area contributed by atoms with Crippen molar-refractivity contribution in [3.63, 3.8) is 0 Å². The van der Waals surface area contributed by atoms with Crippen molar-refractivity contribution in [2.24, 2.45) is 0 Å². The summed E-state index contributed by atoms with van der Waals surface area (Å²) in [6.07, 6.45) is 2.02. The van der Waals surface area contributed by atoms with Gasteiger partial charge in [-0.3, -0.25) is 0 Å². The van der Waals surface area contributed by atoms with Crippen molar-refractivity contribution >= 4 is 23.4 Å². The lowest BCUT2D eigenvalue weighted by atomic mass is 10.1. The number of nitrogen functional groups attached to an aromatic ring is 1. The van der Waals surface area contributed by atoms with Crippen LogP contribution in [0.4, 0.5) is 5.69 Å². The fraction of sp³-hybridized carbons (Fsp3) is 0.200. The first-order chi connectivity index (χ1) is 5.59. The van der Waals surface area contributed by atoms with Gasteiger partial charge in [0.2, 0.25) is 0 Å². The molecule has 64 valence electrons. The average Bonchev–Trinajstić information content (AvgIpc) is 1.96. The third-order valence-corrected chi connectivity index (χ3v) is 1.73. The van der Waals surface area contributed by atoms with Gasteiger partial charge >= 0.3 is 0 Å². The van der Waals surface area contributed by atoms with Crippen LogP contribution in [0.1, 0.15) is 19.4 Å². The lowest BCUT2D eigenvalue weighted by Gasteiger charge is -2.01. The molecule has 0 saturated carbocycles. The van der Waals surface area contributed by atoms with Crippen LogP contribution in [-0.2, 0) is 0 Å². The number of anilines is 1. The van der Waals surface area contributed by atoms with Gasteiger partial charge in [-0.25, -0.2) is 0 Å². The normalized spacial score (nSPS) is 9.58. The van der Waals surface area contributed by atoms with Gasteiger partial charge in [0, 0.05) is 10.7 Å². The summed E-state index contributed by atoms with van der Waals surface area (Å²) < 4.78 is 0. The van der Waals surface area contributed by atoms with Gasteiger partial charge in [0.05, 0.1) is 0 Å². The Morgan fingerprint density at radius 3 is 2.67 bits per heavy atom. The molecule has 0 saturated heterocycles. The van der Waals surface area contributed by atoms with E-state index >= 15 is 0 Å². The van der Waals surface area contributed by atoms with Crippen molar-refractivity contribution < 1.29 is 0 Å². The first kappa shape index (κ1) is 9.14. The summed E-state index contributed by atoms with van der Waals surface area (Å²) in [6, 6.07) is 5.47. The summed E-state index contributed by atoms with van der Waals surface area (Å²) in [6.45, 7) is 4.06. The van der Waals surface area contributed by atoms with Crippen molar-refractivity contribution in [1.29, 1.82) is 0 Å². The predicted molar refractivity (Wildman–Crippen MR) is 55.2 cm³/mol. The Bertz CT molecular complexity index is 312. The quantitative estimate of drug-likeness (QED) is 0.661. The molecule has 0 aliphatic rings. The number of nitrogens with two attached hydrogens (primary N) is 1. The molecule has 0 radical (unpaired) electrons. The Kier molecular flexibility index (Phi) is 2.77. The molecular weight excluding hydrogens is 170 g/mol. The van der Waals surface area contributed by atoms with Crippen molar-refractivity contribution in [2.75, 3.05) is 5.73 Å². The molecule has 1 aromatic carbocycles. The molecule has 0 spiro atoms. The van der Waals surface area contributed by atoms with E-state index in [-0.39, 0.29) is 0 Å². The molecule has 0 aromatic heterocycles. The van der Waals surface area contributed by atoms with Crippen molar-refractivity contribution in [3.8, 4) is 0 Å². The minimum Gasteiger partial charge on any atom is -0.398 e. The van der Waals surface area contributed by atoms with Gasteiger partial charge < -0.3 is 5.73 Å². The van der Waals surface area contributed by atoms with Crippen LogP contribution >= 0.6 is 11.6 Å². The summed E-state index contributed by atoms with van der Waals surface area (Å²) in [4.78, 5) is 0. The van der Waals surface area contributed by atoms with Crippen LogP contribution in [0.15, 0.2) is 23.8 Å². The molecule has 0 heterocycles. The van der Waals surface area contributed by atoms with E-state index in [9.17, 15) is 0 Å². The Morgan fingerprint density at radius 2 is 2.08 bits per heavy atom. The smallest absolute Gasteiger partial charge is 0.0413 e. The second kappa shape index (κ2) is 3.63. The average molecular weight is 182 g/mol. The van der Waals surface area contributed by atoms with Gasteiger partial charge in [0.25, 0.3) is 0 Å². The maximum Gasteiger partial charge on any atom is 0.0413 e. The molecule has 2 heteroatoms. The van der Waals surface area contributed by atoms with E-state index in [0.29, 0.717) is 0 Å². The molecule has 0 amide bonds. The SMILES string of the molecule is CC(C)=Cc1cc(Cl)ccc1N. The van der Waals surface area contributed by atoms with Gasteiger partial charge in [-0.2, -0.15) is 0 Å². The first-order valence-electron chi connectivity index (χ1n) is 3.79. The molecular formula is C10H12ClN. The number of allylic oxidation sites excluding steroid dienone is 1. The van der Waals surface area contributed by atoms with Gasteiger partial charge in [-0.15, -0.1) is 0 Å². The molecule has 1 rings (SSSR count). The molecule has 0 fully saturated rings. The van der Waals surface area contributed by atoms with Gasteiger partial charge in [-0.1, -0.05) is 23.3 Å². The Hall–Kier alpha value is -0.950. The molecule has 0 atom stereocenters. The summed E-state index contributed by atoms with van der Waals surface area (Å²) in [5.74, 6) is 0. The van der Waals surface area contributed by atoms with Crippen molar-refractivity contribution in [2.45, 2.75) is 13.8 Å². The Balaban J connectivity index is 3.14. The van der Waals surface area contributed by atoms with E-state index in [4.69, 9.17) is 17.3 Å². The van der Waals surface area contributed by atoms with E-state index in [1.807, 2.05) is 32.1 Å². The molecule has 1 aromatic rings. The standard InChI is InChI=1S/C10H12ClN/c1-7(2)5-8-6-9(11)3-4-10(8)12/h3-6H,12H2,1-2H3. The number of hydrogen-bond donors (Lipinski definition) is 1. The van der Waals surface area contributed by atoms with Gasteiger partial charge in [0.1, 0.15) is 0 Å². The maximum atomic E-state index is 5.82. The zero-order valence-electron chi connectivity index (χ0n) is 7.26. The molecule has 0 aliphatic carbocycles. The second-order valence-corrected chi connectivity index (χ2v) is 3.43. The molecule has 2 N–H and O–H groups in total. The van der Waals surface area contributed by atoms with Crippen LogP contribution in [0.2, 0.25) is 5.02 Å². The van der Waals surface area contributed by atoms with E-state index in [2.05, 4.69) is 0 Å². The summed E-state index contributed by atoms with van der Waals surface area (Å²) >= 11 is 5.82. The number of halogens is 1. The highest BCUT2D eigenvalue weighted by Crippen LogP contribution is 2.20. The Morgan fingerprint density at radius 1 is 1.42 bits per heavy atom. The summed E-state index contributed by atoms with van der Waals surface area (Å²) in [7, 11) is 0. The Labute approximate surface area is 77.8 Å². The minimum atomic E-state index is 0.719. The largest absolute Gasteiger partial charge is 0.398 e. The second-order valence-electron chi connectivity index (χ2n) is 2.99. The van der Waals surface area contributed by atoms with E-state index in [0.717, 1.165) is 16.3 Å². The zero-order chi connectivity index (χ0) is 9.14. The third-order valence-electron chi connectivity index (χ3n) is 1.49. The lowest BCUT2D eigenvalue weighted by molar-refractivity contribution is 1.42. The van der Waals surface area contributed by atoms with Crippen LogP contribution in [0.3, 0.4) is 0 Å². The highest BCUT2D eigenvalue weighted by Gasteiger charge is 1.95. The van der Waals surface area contributed by atoms with E-state index in [1.165, 1.54) is 5.57 Å². The van der Waals surface area contributed by atoms with Gasteiger partial charge in [-0.05, 0) is 37.6 Å². The van der Waals surface area contributed by atoms with Crippen LogP contribution in [0.25, 0.3) is 6.08 Å². The van der Waals surface area contributed by atoms with Crippen molar-refractivity contribution in [3.05, 3.63) is 34.4 Å².